The van der Waals surface area contributed by atoms with Gasteiger partial charge in [0.05, 0.1) is 5.69 Å². The molecule has 0 fully saturated rings. The summed E-state index contributed by atoms with van der Waals surface area (Å²) in [5.74, 6) is -1.99. The largest absolute Gasteiger partial charge is 0.445 e. The molecule has 3 rings (SSSR count). The number of hydrogen-bond donors (Lipinski definition) is 4. The quantitative estimate of drug-likeness (QED) is 0.452. The van der Waals surface area contributed by atoms with Gasteiger partial charge in [0.25, 0.3) is 5.91 Å². The number of rotatable bonds is 7. The average Bonchev–Trinajstić information content (AvgIpc) is 3.25. The highest BCUT2D eigenvalue weighted by molar-refractivity contribution is 6.38. The lowest BCUT2D eigenvalue weighted by Crippen LogP contribution is -2.55. The highest BCUT2D eigenvalue weighted by Crippen LogP contribution is 2.10. The van der Waals surface area contributed by atoms with Crippen molar-refractivity contribution in [1.29, 1.82) is 0 Å². The molecule has 1 aliphatic rings. The Bertz CT molecular complexity index is 1000. The number of carbonyl (C=O) groups is 4. The molecule has 34 heavy (non-hydrogen) atoms. The molecular weight excluding hydrogens is 438 g/mol. The first kappa shape index (κ1) is 24.9. The van der Waals surface area contributed by atoms with Gasteiger partial charge in [0.15, 0.2) is 0 Å². The van der Waals surface area contributed by atoms with Crippen molar-refractivity contribution in [3.8, 4) is 0 Å². The molecule has 0 spiro atoms. The molecule has 2 bridgehead atoms. The number of benzene rings is 1. The van der Waals surface area contributed by atoms with Crippen LogP contribution in [0.4, 0.5) is 4.79 Å². The molecule has 2 unspecified atom stereocenters. The summed E-state index contributed by atoms with van der Waals surface area (Å²) in [7, 11) is 0. The van der Waals surface area contributed by atoms with E-state index in [0.717, 1.165) is 11.3 Å². The molecule has 182 valence electrons. The Morgan fingerprint density at radius 1 is 1.21 bits per heavy atom. The summed E-state index contributed by atoms with van der Waals surface area (Å²) in [4.78, 5) is 50.6. The lowest BCUT2D eigenvalue weighted by Gasteiger charge is -2.23. The van der Waals surface area contributed by atoms with Crippen molar-refractivity contribution in [2.24, 2.45) is 5.92 Å². The van der Waals surface area contributed by atoms with Crippen LogP contribution in [0.2, 0.25) is 0 Å². The first-order valence-corrected chi connectivity index (χ1v) is 11.4. The summed E-state index contributed by atoms with van der Waals surface area (Å²) >= 11 is 0. The van der Waals surface area contributed by atoms with Crippen molar-refractivity contribution in [3.05, 3.63) is 53.3 Å². The molecule has 2 heterocycles. The number of carbonyl (C=O) groups excluding carboxylic acids is 4. The third-order valence-corrected chi connectivity index (χ3v) is 5.39. The summed E-state index contributed by atoms with van der Waals surface area (Å²) < 4.78 is 5.24. The zero-order valence-corrected chi connectivity index (χ0v) is 19.4. The van der Waals surface area contributed by atoms with Gasteiger partial charge in [0.1, 0.15) is 18.7 Å². The Kier molecular flexibility index (Phi) is 8.78. The summed E-state index contributed by atoms with van der Waals surface area (Å²) in [5.41, 5.74) is 2.28. The van der Waals surface area contributed by atoms with E-state index in [9.17, 15) is 19.2 Å². The Morgan fingerprint density at radius 3 is 2.71 bits per heavy atom. The average molecular weight is 470 g/mol. The number of alkyl carbamates (subject to hydrolysis) is 1. The molecular formula is C24H31N5O5. The van der Waals surface area contributed by atoms with E-state index < -0.39 is 35.8 Å². The molecule has 1 aromatic heterocycles. The van der Waals surface area contributed by atoms with E-state index in [1.54, 1.807) is 0 Å². The van der Waals surface area contributed by atoms with Crippen LogP contribution < -0.4 is 16.0 Å². The van der Waals surface area contributed by atoms with Gasteiger partial charge in [-0.15, -0.1) is 0 Å². The van der Waals surface area contributed by atoms with Gasteiger partial charge in [-0.2, -0.15) is 5.10 Å². The zero-order chi connectivity index (χ0) is 24.5. The summed E-state index contributed by atoms with van der Waals surface area (Å²) in [6.07, 6.45) is 0.972. The van der Waals surface area contributed by atoms with Gasteiger partial charge in [0.2, 0.25) is 11.7 Å². The number of Topliss-reactive ketones (excluding diaryl/α,β-unsaturated/α-hetero) is 1. The molecule has 3 amide bonds. The number of aryl methyl sites for hydroxylation is 1. The molecule has 1 aliphatic heterocycles. The lowest BCUT2D eigenvalue weighted by molar-refractivity contribution is -0.140. The van der Waals surface area contributed by atoms with E-state index in [2.05, 4.69) is 26.1 Å². The van der Waals surface area contributed by atoms with Crippen LogP contribution in [-0.2, 0) is 38.6 Å². The predicted molar refractivity (Wildman–Crippen MR) is 124 cm³/mol. The number of nitrogens with one attached hydrogen (secondary N) is 4. The molecule has 2 aromatic rings. The monoisotopic (exact) mass is 469 g/mol. The summed E-state index contributed by atoms with van der Waals surface area (Å²) in [5, 5.41) is 14.9. The van der Waals surface area contributed by atoms with E-state index in [-0.39, 0.29) is 18.9 Å². The number of hydrogen-bond acceptors (Lipinski definition) is 6. The Hall–Kier alpha value is -3.69. The van der Waals surface area contributed by atoms with Crippen molar-refractivity contribution in [1.82, 2.24) is 26.1 Å². The van der Waals surface area contributed by atoms with E-state index >= 15 is 0 Å². The maximum atomic E-state index is 13.1. The highest BCUT2D eigenvalue weighted by atomic mass is 16.5. The van der Waals surface area contributed by atoms with Gasteiger partial charge in [-0.05, 0) is 36.8 Å². The van der Waals surface area contributed by atoms with Crippen molar-refractivity contribution in [2.45, 2.75) is 58.2 Å². The number of ketones is 1. The number of H-pyrrole nitrogens is 1. The number of aromatic amines is 1. The van der Waals surface area contributed by atoms with Crippen molar-refractivity contribution in [3.63, 3.8) is 0 Å². The SMILES string of the molecule is CC(C)CC(NC(=O)OCc1ccccc1)C(=O)NC1Cc2cc(n[nH]2)CCCNC(=O)C1=O. The van der Waals surface area contributed by atoms with Crippen LogP contribution >= 0.6 is 0 Å². The van der Waals surface area contributed by atoms with Gasteiger partial charge in [-0.1, -0.05) is 44.2 Å². The Labute approximate surface area is 198 Å². The van der Waals surface area contributed by atoms with E-state index in [1.165, 1.54) is 0 Å². The maximum absolute atomic E-state index is 13.1. The van der Waals surface area contributed by atoms with Gasteiger partial charge in [-0.3, -0.25) is 19.5 Å². The van der Waals surface area contributed by atoms with Crippen LogP contribution in [0.3, 0.4) is 0 Å². The van der Waals surface area contributed by atoms with Gasteiger partial charge in [0, 0.05) is 18.7 Å². The molecule has 2 atom stereocenters. The second-order valence-corrected chi connectivity index (χ2v) is 8.76. The smallest absolute Gasteiger partial charge is 0.408 e. The number of nitrogens with zero attached hydrogens (tertiary/aromatic N) is 1. The van der Waals surface area contributed by atoms with Gasteiger partial charge >= 0.3 is 6.09 Å². The fourth-order valence-electron chi connectivity index (χ4n) is 3.67. The van der Waals surface area contributed by atoms with E-state index in [0.29, 0.717) is 31.5 Å². The Balaban J connectivity index is 1.68. The fraction of sp³-hybridized carbons (Fsp3) is 0.458. The normalized spacial score (nSPS) is 17.3. The van der Waals surface area contributed by atoms with Crippen LogP contribution in [0.1, 0.15) is 43.6 Å². The third kappa shape index (κ3) is 7.43. The van der Waals surface area contributed by atoms with Gasteiger partial charge in [-0.25, -0.2) is 4.79 Å². The highest BCUT2D eigenvalue weighted by Gasteiger charge is 2.31. The minimum absolute atomic E-state index is 0.0616. The van der Waals surface area contributed by atoms with Crippen LogP contribution in [0.25, 0.3) is 0 Å². The number of aromatic nitrogens is 2. The van der Waals surface area contributed by atoms with Crippen LogP contribution in [0.5, 0.6) is 0 Å². The number of fused-ring (bicyclic) bond motifs is 2. The van der Waals surface area contributed by atoms with Crippen molar-refractivity contribution >= 4 is 23.7 Å². The molecule has 0 saturated heterocycles. The maximum Gasteiger partial charge on any atom is 0.408 e. The third-order valence-electron chi connectivity index (χ3n) is 5.39. The number of ether oxygens (including phenoxy) is 1. The molecule has 0 aliphatic carbocycles. The predicted octanol–water partition coefficient (Wildman–Crippen LogP) is 1.41. The Morgan fingerprint density at radius 2 is 1.97 bits per heavy atom. The molecule has 1 aromatic carbocycles. The van der Waals surface area contributed by atoms with Gasteiger partial charge < -0.3 is 20.7 Å². The summed E-state index contributed by atoms with van der Waals surface area (Å²) in [6, 6.07) is 8.97. The minimum atomic E-state index is -1.10. The standard InChI is InChI=1S/C24H31N5O5/c1-15(2)11-20(27-24(33)34-14-16-7-4-3-5-8-16)22(31)26-19-13-18-12-17(28-29-18)9-6-10-25-23(32)21(19)30/h3-5,7-8,12,15,19-20H,6,9-11,13-14H2,1-2H3,(H,25,32)(H,26,31)(H,27,33)(H,28,29). The number of amides is 3. The van der Waals surface area contributed by atoms with Crippen molar-refractivity contribution < 1.29 is 23.9 Å². The zero-order valence-electron chi connectivity index (χ0n) is 19.4. The van der Waals surface area contributed by atoms with Crippen LogP contribution in [0, 0.1) is 5.92 Å². The first-order valence-electron chi connectivity index (χ1n) is 11.4. The van der Waals surface area contributed by atoms with E-state index in [1.807, 2.05) is 50.2 Å². The molecule has 4 N–H and O–H groups in total. The fourth-order valence-corrected chi connectivity index (χ4v) is 3.67. The topological polar surface area (TPSA) is 142 Å². The minimum Gasteiger partial charge on any atom is -0.445 e. The molecule has 0 saturated carbocycles. The first-order chi connectivity index (χ1) is 16.3. The molecule has 0 radical (unpaired) electrons. The second kappa shape index (κ2) is 12.0. The summed E-state index contributed by atoms with van der Waals surface area (Å²) in [6.45, 7) is 4.22. The molecule has 10 nitrogen and oxygen atoms in total. The molecule has 10 heteroatoms. The van der Waals surface area contributed by atoms with E-state index in [4.69, 9.17) is 4.74 Å². The van der Waals surface area contributed by atoms with Crippen LogP contribution in [-0.4, -0.2) is 52.5 Å². The van der Waals surface area contributed by atoms with Crippen molar-refractivity contribution in [2.75, 3.05) is 6.54 Å². The second-order valence-electron chi connectivity index (χ2n) is 8.76. The lowest BCUT2D eigenvalue weighted by atomic mass is 10.0. The van der Waals surface area contributed by atoms with Crippen LogP contribution in [0.15, 0.2) is 36.4 Å².